The number of esters is 1. The summed E-state index contributed by atoms with van der Waals surface area (Å²) < 4.78 is 30.6. The highest BCUT2D eigenvalue weighted by molar-refractivity contribution is 7.51. The molecule has 2 atom stereocenters. The van der Waals surface area contributed by atoms with Crippen molar-refractivity contribution < 1.29 is 32.7 Å². The van der Waals surface area contributed by atoms with Gasteiger partial charge in [0.1, 0.15) is 0 Å². The van der Waals surface area contributed by atoms with Crippen LogP contribution in [0.3, 0.4) is 0 Å². The third kappa shape index (κ3) is 5.28. The molecule has 0 aromatic rings. The molecule has 0 aromatic heterocycles. The molecule has 0 radical (unpaired) electrons. The summed E-state index contributed by atoms with van der Waals surface area (Å²) in [6.07, 6.45) is -0.947. The summed E-state index contributed by atoms with van der Waals surface area (Å²) in [4.78, 5) is 36.8. The summed E-state index contributed by atoms with van der Waals surface area (Å²) in [5.41, 5.74) is -0.690. The van der Waals surface area contributed by atoms with Crippen molar-refractivity contribution in [2.45, 2.75) is 33.3 Å². The van der Waals surface area contributed by atoms with Gasteiger partial charge in [0.15, 0.2) is 6.10 Å². The lowest BCUT2D eigenvalue weighted by molar-refractivity contribution is -0.142. The van der Waals surface area contributed by atoms with Crippen LogP contribution in [0.15, 0.2) is 0 Å². The van der Waals surface area contributed by atoms with Gasteiger partial charge in [-0.1, -0.05) is 13.8 Å². The van der Waals surface area contributed by atoms with Crippen molar-refractivity contribution in [2.75, 3.05) is 46.4 Å². The van der Waals surface area contributed by atoms with Gasteiger partial charge in [0.2, 0.25) is 11.8 Å². The number of rotatable bonds is 5. The van der Waals surface area contributed by atoms with E-state index in [-0.39, 0.29) is 25.5 Å². The third-order valence-corrected chi connectivity index (χ3v) is 6.72. The molecule has 2 heterocycles. The molecule has 10 nitrogen and oxygen atoms in total. The molecule has 2 amide bonds. The van der Waals surface area contributed by atoms with Crippen LogP contribution in [0.2, 0.25) is 0 Å². The van der Waals surface area contributed by atoms with Crippen molar-refractivity contribution in [1.29, 1.82) is 0 Å². The van der Waals surface area contributed by atoms with Crippen LogP contribution in [-0.4, -0.2) is 79.9 Å². The van der Waals surface area contributed by atoms with Crippen LogP contribution in [0.1, 0.15) is 27.2 Å². The Balaban J connectivity index is 2.01. The van der Waals surface area contributed by atoms with Crippen molar-refractivity contribution in [1.82, 2.24) is 14.9 Å². The lowest BCUT2D eigenvalue weighted by Gasteiger charge is -2.45. The number of ether oxygens (including phenoxy) is 1. The second-order valence-electron chi connectivity index (χ2n) is 7.29. The molecule has 2 rings (SSSR count). The minimum atomic E-state index is -3.65. The van der Waals surface area contributed by atoms with E-state index in [4.69, 9.17) is 9.05 Å². The maximum absolute atomic E-state index is 13.2. The standard InChI is InChI=1S/C16H28N3O7P/c1-12(20)18-7-9-19(10-8-18)27(23)25-11-16(2,3)14(26-27)15(22)17-6-5-13(21)24-4/h14H,5-11H2,1-4H3,(H,17,22)/t14-,27?/m0/s1. The van der Waals surface area contributed by atoms with Gasteiger partial charge < -0.3 is 15.0 Å². The predicted molar refractivity (Wildman–Crippen MR) is 95.7 cm³/mol. The number of carbonyl (C=O) groups excluding carboxylic acids is 3. The van der Waals surface area contributed by atoms with Crippen LogP contribution < -0.4 is 5.32 Å². The molecule has 0 spiro atoms. The minimum absolute atomic E-state index is 0.0382. The zero-order valence-corrected chi connectivity index (χ0v) is 17.1. The maximum atomic E-state index is 13.2. The van der Waals surface area contributed by atoms with Gasteiger partial charge in [-0.05, 0) is 0 Å². The number of methoxy groups -OCH3 is 1. The third-order valence-electron chi connectivity index (χ3n) is 4.69. The van der Waals surface area contributed by atoms with Gasteiger partial charge in [-0.25, -0.2) is 9.24 Å². The van der Waals surface area contributed by atoms with Crippen LogP contribution in [0, 0.1) is 5.41 Å². The van der Waals surface area contributed by atoms with Gasteiger partial charge in [0, 0.05) is 45.1 Å². The number of piperazine rings is 1. The van der Waals surface area contributed by atoms with E-state index >= 15 is 0 Å². The van der Waals surface area contributed by atoms with Crippen molar-refractivity contribution in [3.63, 3.8) is 0 Å². The van der Waals surface area contributed by atoms with E-state index in [2.05, 4.69) is 10.1 Å². The summed E-state index contributed by atoms with van der Waals surface area (Å²) in [5.74, 6) is -0.923. The average Bonchev–Trinajstić information content (AvgIpc) is 2.63. The molecule has 0 bridgehead atoms. The Morgan fingerprint density at radius 3 is 2.41 bits per heavy atom. The molecule has 11 heteroatoms. The normalized spacial score (nSPS) is 28.4. The summed E-state index contributed by atoms with van der Waals surface area (Å²) in [6, 6.07) is 0. The van der Waals surface area contributed by atoms with Crippen LogP contribution in [0.4, 0.5) is 0 Å². The first-order chi connectivity index (χ1) is 12.6. The highest BCUT2D eigenvalue weighted by Gasteiger charge is 2.51. The molecular weight excluding hydrogens is 377 g/mol. The van der Waals surface area contributed by atoms with E-state index in [0.717, 1.165) is 0 Å². The Labute approximate surface area is 159 Å². The Kier molecular flexibility index (Phi) is 7.02. The van der Waals surface area contributed by atoms with Crippen LogP contribution >= 0.6 is 7.75 Å². The fourth-order valence-corrected chi connectivity index (χ4v) is 5.09. The summed E-state index contributed by atoms with van der Waals surface area (Å²) in [6.45, 7) is 6.78. The smallest absolute Gasteiger partial charge is 0.409 e. The monoisotopic (exact) mass is 405 g/mol. The Morgan fingerprint density at radius 1 is 1.22 bits per heavy atom. The highest BCUT2D eigenvalue weighted by Crippen LogP contribution is 2.59. The number of amides is 2. The second-order valence-corrected chi connectivity index (χ2v) is 9.26. The molecule has 2 saturated heterocycles. The van der Waals surface area contributed by atoms with Gasteiger partial charge in [-0.15, -0.1) is 0 Å². The van der Waals surface area contributed by atoms with Crippen molar-refractivity contribution in [3.05, 3.63) is 0 Å². The minimum Gasteiger partial charge on any atom is -0.469 e. The predicted octanol–water partition coefficient (Wildman–Crippen LogP) is 0.380. The largest absolute Gasteiger partial charge is 0.469 e. The zero-order chi connectivity index (χ0) is 20.2. The van der Waals surface area contributed by atoms with Crippen molar-refractivity contribution in [3.8, 4) is 0 Å². The first-order valence-corrected chi connectivity index (χ1v) is 10.4. The summed E-state index contributed by atoms with van der Waals surface area (Å²) in [5, 5.41) is 2.62. The summed E-state index contributed by atoms with van der Waals surface area (Å²) in [7, 11) is -2.37. The fourth-order valence-electron chi connectivity index (χ4n) is 2.92. The highest BCUT2D eigenvalue weighted by atomic mass is 31.2. The Bertz CT molecular complexity index is 632. The van der Waals surface area contributed by atoms with E-state index in [1.807, 2.05) is 0 Å². The molecule has 27 heavy (non-hydrogen) atoms. The second kappa shape index (κ2) is 8.68. The van der Waals surface area contributed by atoms with Crippen LogP contribution in [-0.2, 0) is 32.7 Å². The maximum Gasteiger partial charge on any atom is 0.409 e. The lowest BCUT2D eigenvalue weighted by atomic mass is 9.87. The first kappa shape index (κ1) is 21.8. The van der Waals surface area contributed by atoms with Gasteiger partial charge in [0.05, 0.1) is 20.1 Å². The SMILES string of the molecule is COC(=O)CCNC(=O)[C@@H]1OP(=O)(N2CCN(C(C)=O)CC2)OCC1(C)C. The number of carbonyl (C=O) groups is 3. The van der Waals surface area contributed by atoms with Gasteiger partial charge in [-0.2, -0.15) is 0 Å². The van der Waals surface area contributed by atoms with Gasteiger partial charge >= 0.3 is 13.7 Å². The van der Waals surface area contributed by atoms with Crippen molar-refractivity contribution >= 4 is 25.5 Å². The molecular formula is C16H28N3O7P. The van der Waals surface area contributed by atoms with Crippen LogP contribution in [0.5, 0.6) is 0 Å². The molecule has 2 fully saturated rings. The van der Waals surface area contributed by atoms with E-state index in [0.29, 0.717) is 26.2 Å². The molecule has 0 aromatic carbocycles. The van der Waals surface area contributed by atoms with Gasteiger partial charge in [0.25, 0.3) is 0 Å². The molecule has 2 aliphatic heterocycles. The number of hydrogen-bond acceptors (Lipinski definition) is 7. The number of nitrogens with zero attached hydrogens (tertiary/aromatic N) is 2. The molecule has 1 N–H and O–H groups in total. The van der Waals surface area contributed by atoms with Crippen LogP contribution in [0.25, 0.3) is 0 Å². The molecule has 154 valence electrons. The quantitative estimate of drug-likeness (QED) is 0.516. The number of nitrogens with one attached hydrogen (secondary N) is 1. The lowest BCUT2D eigenvalue weighted by Crippen LogP contribution is -2.53. The molecule has 2 aliphatic rings. The molecule has 1 unspecified atom stereocenters. The Hall–Kier alpha value is -1.48. The molecule has 0 saturated carbocycles. The van der Waals surface area contributed by atoms with E-state index in [1.165, 1.54) is 14.0 Å². The fraction of sp³-hybridized carbons (Fsp3) is 0.812. The first-order valence-electron chi connectivity index (χ1n) is 8.87. The zero-order valence-electron chi connectivity index (χ0n) is 16.2. The summed E-state index contributed by atoms with van der Waals surface area (Å²) >= 11 is 0. The van der Waals surface area contributed by atoms with E-state index in [9.17, 15) is 18.9 Å². The Morgan fingerprint density at radius 2 is 1.85 bits per heavy atom. The average molecular weight is 405 g/mol. The van der Waals surface area contributed by atoms with E-state index in [1.54, 1.807) is 23.4 Å². The van der Waals surface area contributed by atoms with Gasteiger partial charge in [-0.3, -0.25) is 23.4 Å². The topological polar surface area (TPSA) is 114 Å². The van der Waals surface area contributed by atoms with E-state index < -0.39 is 31.1 Å². The number of hydrogen-bond donors (Lipinski definition) is 1. The van der Waals surface area contributed by atoms with Crippen molar-refractivity contribution in [2.24, 2.45) is 5.41 Å². The molecule has 0 aliphatic carbocycles.